The molecule has 21 heavy (non-hydrogen) atoms. The predicted molar refractivity (Wildman–Crippen MR) is 81.4 cm³/mol. The summed E-state index contributed by atoms with van der Waals surface area (Å²) in [6.07, 6.45) is 2.47. The van der Waals surface area contributed by atoms with Crippen LogP contribution in [0, 0.1) is 0 Å². The van der Waals surface area contributed by atoms with Gasteiger partial charge in [0, 0.05) is 31.8 Å². The molecule has 112 valence electrons. The Morgan fingerprint density at radius 1 is 1.19 bits per heavy atom. The van der Waals surface area contributed by atoms with Crippen molar-refractivity contribution in [2.24, 2.45) is 0 Å². The van der Waals surface area contributed by atoms with Gasteiger partial charge in [-0.1, -0.05) is 18.2 Å². The Kier molecular flexibility index (Phi) is 6.12. The van der Waals surface area contributed by atoms with Gasteiger partial charge in [-0.15, -0.1) is 0 Å². The first-order chi connectivity index (χ1) is 10.3. The third-order valence-corrected chi connectivity index (χ3v) is 3.06. The Labute approximate surface area is 124 Å². The second kappa shape index (κ2) is 8.34. The first-order valence-corrected chi connectivity index (χ1v) is 7.01. The Balaban J connectivity index is 1.83. The van der Waals surface area contributed by atoms with E-state index in [2.05, 4.69) is 10.3 Å². The number of pyridine rings is 1. The van der Waals surface area contributed by atoms with E-state index in [1.54, 1.807) is 19.4 Å². The van der Waals surface area contributed by atoms with Crippen LogP contribution in [0.1, 0.15) is 16.8 Å². The van der Waals surface area contributed by atoms with Crippen LogP contribution in [0.3, 0.4) is 0 Å². The zero-order valence-corrected chi connectivity index (χ0v) is 12.2. The summed E-state index contributed by atoms with van der Waals surface area (Å²) in [7, 11) is 1.64. The topological polar surface area (TPSA) is 60.5 Å². The highest BCUT2D eigenvalue weighted by molar-refractivity contribution is 6.05. The standard InChI is InChI=1S/C16H20N2O3/c1-20-11-12-21-10-4-9-18-16(19)14-7-2-5-13-6-3-8-17-15(13)14/h2-3,5-8H,4,9-12H2,1H3,(H,18,19). The van der Waals surface area contributed by atoms with Crippen molar-refractivity contribution in [1.29, 1.82) is 0 Å². The highest BCUT2D eigenvalue weighted by atomic mass is 16.5. The molecule has 0 atom stereocenters. The van der Waals surface area contributed by atoms with Gasteiger partial charge >= 0.3 is 0 Å². The van der Waals surface area contributed by atoms with Crippen molar-refractivity contribution < 1.29 is 14.3 Å². The molecule has 5 heteroatoms. The molecule has 1 heterocycles. The maximum atomic E-state index is 12.2. The number of amides is 1. The second-order valence-corrected chi connectivity index (χ2v) is 4.60. The highest BCUT2D eigenvalue weighted by Gasteiger charge is 2.09. The minimum absolute atomic E-state index is 0.101. The second-order valence-electron chi connectivity index (χ2n) is 4.60. The number of ether oxygens (including phenoxy) is 2. The molecule has 2 aromatic rings. The summed E-state index contributed by atoms with van der Waals surface area (Å²) in [6, 6.07) is 9.42. The van der Waals surface area contributed by atoms with Gasteiger partial charge in [-0.3, -0.25) is 9.78 Å². The Morgan fingerprint density at radius 2 is 2.05 bits per heavy atom. The average molecular weight is 288 g/mol. The van der Waals surface area contributed by atoms with E-state index < -0.39 is 0 Å². The summed E-state index contributed by atoms with van der Waals surface area (Å²) in [6.45, 7) is 2.36. The first kappa shape index (κ1) is 15.4. The molecule has 0 unspecified atom stereocenters. The molecule has 1 N–H and O–H groups in total. The van der Waals surface area contributed by atoms with Gasteiger partial charge in [-0.05, 0) is 18.6 Å². The molecule has 0 saturated heterocycles. The van der Waals surface area contributed by atoms with E-state index in [0.717, 1.165) is 17.3 Å². The maximum absolute atomic E-state index is 12.2. The molecule has 0 saturated carbocycles. The zero-order chi connectivity index (χ0) is 14.9. The lowest BCUT2D eigenvalue weighted by molar-refractivity contribution is 0.0688. The van der Waals surface area contributed by atoms with Crippen LogP contribution in [0.15, 0.2) is 36.5 Å². The third kappa shape index (κ3) is 4.51. The van der Waals surface area contributed by atoms with Gasteiger partial charge in [0.05, 0.1) is 24.3 Å². The molecule has 1 aromatic heterocycles. The van der Waals surface area contributed by atoms with Gasteiger partial charge in [0.1, 0.15) is 0 Å². The molecule has 0 radical (unpaired) electrons. The van der Waals surface area contributed by atoms with E-state index >= 15 is 0 Å². The van der Waals surface area contributed by atoms with Gasteiger partial charge in [0.15, 0.2) is 0 Å². The SMILES string of the molecule is COCCOCCCNC(=O)c1cccc2cccnc12. The molecule has 2 rings (SSSR count). The van der Waals surface area contributed by atoms with E-state index in [4.69, 9.17) is 9.47 Å². The normalized spacial score (nSPS) is 10.7. The molecule has 1 aromatic carbocycles. The van der Waals surface area contributed by atoms with Crippen LogP contribution in [0.4, 0.5) is 0 Å². The van der Waals surface area contributed by atoms with Gasteiger partial charge in [0.25, 0.3) is 5.91 Å². The van der Waals surface area contributed by atoms with Crippen molar-refractivity contribution in [3.63, 3.8) is 0 Å². The number of aromatic nitrogens is 1. The molecular weight excluding hydrogens is 268 g/mol. The van der Waals surface area contributed by atoms with Gasteiger partial charge < -0.3 is 14.8 Å². The number of fused-ring (bicyclic) bond motifs is 1. The minimum Gasteiger partial charge on any atom is -0.382 e. The largest absolute Gasteiger partial charge is 0.382 e. The quantitative estimate of drug-likeness (QED) is 0.755. The Morgan fingerprint density at radius 3 is 2.90 bits per heavy atom. The smallest absolute Gasteiger partial charge is 0.253 e. The number of carbonyl (C=O) groups excluding carboxylic acids is 1. The monoisotopic (exact) mass is 288 g/mol. The Hall–Kier alpha value is -1.98. The fourth-order valence-corrected chi connectivity index (χ4v) is 2.00. The molecule has 0 aliphatic carbocycles. The van der Waals surface area contributed by atoms with Crippen LogP contribution in [0.5, 0.6) is 0 Å². The minimum atomic E-state index is -0.101. The highest BCUT2D eigenvalue weighted by Crippen LogP contribution is 2.15. The first-order valence-electron chi connectivity index (χ1n) is 7.01. The van der Waals surface area contributed by atoms with Gasteiger partial charge in [0.2, 0.25) is 0 Å². The molecule has 0 aliphatic heterocycles. The molecular formula is C16H20N2O3. The van der Waals surface area contributed by atoms with Crippen molar-refractivity contribution in [3.05, 3.63) is 42.1 Å². The molecule has 0 spiro atoms. The molecule has 0 bridgehead atoms. The summed E-state index contributed by atoms with van der Waals surface area (Å²) in [5.74, 6) is -0.101. The van der Waals surface area contributed by atoms with Crippen LogP contribution in [0.2, 0.25) is 0 Å². The average Bonchev–Trinajstić information content (AvgIpc) is 2.53. The number of benzene rings is 1. The Bertz CT molecular complexity index is 581. The summed E-state index contributed by atoms with van der Waals surface area (Å²) < 4.78 is 10.2. The lowest BCUT2D eigenvalue weighted by atomic mass is 10.1. The fraction of sp³-hybridized carbons (Fsp3) is 0.375. The van der Waals surface area contributed by atoms with Crippen molar-refractivity contribution >= 4 is 16.8 Å². The maximum Gasteiger partial charge on any atom is 0.253 e. The molecule has 5 nitrogen and oxygen atoms in total. The van der Waals surface area contributed by atoms with Crippen molar-refractivity contribution in [2.45, 2.75) is 6.42 Å². The van der Waals surface area contributed by atoms with Crippen LogP contribution >= 0.6 is 0 Å². The van der Waals surface area contributed by atoms with E-state index in [1.165, 1.54) is 0 Å². The number of hydrogen-bond donors (Lipinski definition) is 1. The fourth-order valence-electron chi connectivity index (χ4n) is 2.00. The van der Waals surface area contributed by atoms with E-state index in [-0.39, 0.29) is 5.91 Å². The van der Waals surface area contributed by atoms with Crippen molar-refractivity contribution in [3.8, 4) is 0 Å². The molecule has 0 aliphatic rings. The van der Waals surface area contributed by atoms with Gasteiger partial charge in [-0.25, -0.2) is 0 Å². The summed E-state index contributed by atoms with van der Waals surface area (Å²) >= 11 is 0. The van der Waals surface area contributed by atoms with E-state index in [0.29, 0.717) is 31.9 Å². The van der Waals surface area contributed by atoms with Crippen LogP contribution in [-0.2, 0) is 9.47 Å². The van der Waals surface area contributed by atoms with Crippen LogP contribution < -0.4 is 5.32 Å². The van der Waals surface area contributed by atoms with E-state index in [1.807, 2.05) is 24.3 Å². The lowest BCUT2D eigenvalue weighted by Gasteiger charge is -2.08. The summed E-state index contributed by atoms with van der Waals surface area (Å²) in [4.78, 5) is 16.5. The number of rotatable bonds is 8. The number of methoxy groups -OCH3 is 1. The zero-order valence-electron chi connectivity index (χ0n) is 12.2. The summed E-state index contributed by atoms with van der Waals surface area (Å²) in [5.41, 5.74) is 1.34. The van der Waals surface area contributed by atoms with Crippen molar-refractivity contribution in [1.82, 2.24) is 10.3 Å². The van der Waals surface area contributed by atoms with E-state index in [9.17, 15) is 4.79 Å². The number of nitrogens with one attached hydrogen (secondary N) is 1. The van der Waals surface area contributed by atoms with Crippen LogP contribution in [0.25, 0.3) is 10.9 Å². The number of para-hydroxylation sites is 1. The van der Waals surface area contributed by atoms with Crippen LogP contribution in [-0.4, -0.2) is 44.4 Å². The number of hydrogen-bond acceptors (Lipinski definition) is 4. The molecule has 1 amide bonds. The lowest BCUT2D eigenvalue weighted by Crippen LogP contribution is -2.25. The predicted octanol–water partition coefficient (Wildman–Crippen LogP) is 2.02. The summed E-state index contributed by atoms with van der Waals surface area (Å²) in [5, 5.41) is 3.86. The number of nitrogens with zero attached hydrogens (tertiary/aromatic N) is 1. The molecule has 0 fully saturated rings. The van der Waals surface area contributed by atoms with Crippen molar-refractivity contribution in [2.75, 3.05) is 33.5 Å². The number of carbonyl (C=O) groups is 1. The third-order valence-electron chi connectivity index (χ3n) is 3.06. The van der Waals surface area contributed by atoms with Gasteiger partial charge in [-0.2, -0.15) is 0 Å².